The molecule has 1 amide bonds. The topological polar surface area (TPSA) is 59.0 Å². The van der Waals surface area contributed by atoms with Gasteiger partial charge in [-0.25, -0.2) is 9.00 Å². The van der Waals surface area contributed by atoms with Crippen LogP contribution in [0.5, 0.6) is 0 Å². The van der Waals surface area contributed by atoms with Gasteiger partial charge in [-0.05, 0) is 40.0 Å². The van der Waals surface area contributed by atoms with E-state index in [2.05, 4.69) is 11.0 Å². The Hall–Kier alpha value is -1.17. The van der Waals surface area contributed by atoms with Crippen LogP contribution in [0.25, 0.3) is 0 Å². The Morgan fingerprint density at radius 2 is 2.20 bits per heavy atom. The molecule has 1 saturated heterocycles. The van der Waals surface area contributed by atoms with Crippen molar-refractivity contribution in [1.29, 1.82) is 0 Å². The van der Waals surface area contributed by atoms with Crippen LogP contribution >= 0.6 is 0 Å². The summed E-state index contributed by atoms with van der Waals surface area (Å²) in [7, 11) is -1.30. The lowest BCUT2D eigenvalue weighted by molar-refractivity contribution is 0.0958. The molecule has 0 aliphatic carbocycles. The lowest BCUT2D eigenvalue weighted by Gasteiger charge is -2.32. The van der Waals surface area contributed by atoms with E-state index in [1.807, 2.05) is 20.8 Å². The van der Waals surface area contributed by atoms with Gasteiger partial charge in [0.25, 0.3) is 0 Å². The van der Waals surface area contributed by atoms with E-state index < -0.39 is 11.0 Å². The summed E-state index contributed by atoms with van der Waals surface area (Å²) >= 11 is 0. The van der Waals surface area contributed by atoms with Crippen LogP contribution in [0.1, 0.15) is 40.0 Å². The van der Waals surface area contributed by atoms with Crippen LogP contribution in [-0.4, -0.2) is 45.4 Å². The molecule has 1 aliphatic heterocycles. The number of hydrogen-bond donors (Lipinski definition) is 0. The molecule has 0 unspecified atom stereocenters. The van der Waals surface area contributed by atoms with E-state index in [1.165, 1.54) is 0 Å². The number of piperidine rings is 1. The second kappa shape index (κ2) is 7.57. The Labute approximate surface area is 123 Å². The number of amides is 1. The molecule has 1 heterocycles. The SMILES string of the molecule is C=CCOC(=O)N1CCCC[C@@H]1C=N[S@](=O)C(C)(C)C. The van der Waals surface area contributed by atoms with E-state index in [9.17, 15) is 9.00 Å². The standard InChI is InChI=1S/C14H24N2O3S/c1-5-10-19-13(17)16-9-7-6-8-12(16)11-15-20(18)14(2,3)4/h5,11-12H,1,6-10H2,2-4H3/t12-,20-/m1/s1. The van der Waals surface area contributed by atoms with Crippen LogP contribution in [0.3, 0.4) is 0 Å². The number of rotatable bonds is 4. The number of ether oxygens (including phenoxy) is 1. The maximum atomic E-state index is 11.9. The van der Waals surface area contributed by atoms with Crippen LogP contribution in [0.4, 0.5) is 4.79 Å². The number of nitrogens with zero attached hydrogens (tertiary/aromatic N) is 2. The van der Waals surface area contributed by atoms with Crippen molar-refractivity contribution in [3.63, 3.8) is 0 Å². The van der Waals surface area contributed by atoms with Crippen molar-refractivity contribution in [2.75, 3.05) is 13.2 Å². The summed E-state index contributed by atoms with van der Waals surface area (Å²) in [4.78, 5) is 13.6. The molecular weight excluding hydrogens is 276 g/mol. The quantitative estimate of drug-likeness (QED) is 0.592. The van der Waals surface area contributed by atoms with E-state index in [4.69, 9.17) is 4.74 Å². The van der Waals surface area contributed by atoms with Gasteiger partial charge in [-0.3, -0.25) is 0 Å². The highest BCUT2D eigenvalue weighted by Crippen LogP contribution is 2.18. The Bertz CT molecular complexity index is 402. The van der Waals surface area contributed by atoms with E-state index in [0.29, 0.717) is 6.54 Å². The molecule has 0 aromatic carbocycles. The first-order valence-electron chi connectivity index (χ1n) is 6.86. The largest absolute Gasteiger partial charge is 0.445 e. The second-order valence-electron chi connectivity index (χ2n) is 5.74. The van der Waals surface area contributed by atoms with Crippen LogP contribution < -0.4 is 0 Å². The summed E-state index contributed by atoms with van der Waals surface area (Å²) in [6, 6.07) is -0.132. The van der Waals surface area contributed by atoms with Crippen molar-refractivity contribution in [2.45, 2.75) is 50.8 Å². The zero-order chi connectivity index (χ0) is 15.2. The molecule has 6 heteroatoms. The molecule has 1 aliphatic rings. The Balaban J connectivity index is 2.69. The van der Waals surface area contributed by atoms with Crippen LogP contribution in [0.15, 0.2) is 17.1 Å². The first kappa shape index (κ1) is 16.9. The van der Waals surface area contributed by atoms with Crippen molar-refractivity contribution < 1.29 is 13.7 Å². The highest BCUT2D eigenvalue weighted by atomic mass is 32.2. The minimum Gasteiger partial charge on any atom is -0.445 e. The lowest BCUT2D eigenvalue weighted by Crippen LogP contribution is -2.45. The molecule has 0 N–H and O–H groups in total. The number of likely N-dealkylation sites (tertiary alicyclic amines) is 1. The first-order valence-corrected chi connectivity index (χ1v) is 7.97. The molecule has 0 spiro atoms. The number of hydrogen-bond acceptors (Lipinski definition) is 3. The van der Waals surface area contributed by atoms with E-state index >= 15 is 0 Å². The summed E-state index contributed by atoms with van der Waals surface area (Å²) in [5.41, 5.74) is 0. The zero-order valence-electron chi connectivity index (χ0n) is 12.5. The zero-order valence-corrected chi connectivity index (χ0v) is 13.3. The van der Waals surface area contributed by atoms with Gasteiger partial charge in [0.2, 0.25) is 0 Å². The fraction of sp³-hybridized carbons (Fsp3) is 0.714. The maximum absolute atomic E-state index is 11.9. The maximum Gasteiger partial charge on any atom is 0.410 e. The Morgan fingerprint density at radius 3 is 2.80 bits per heavy atom. The first-order chi connectivity index (χ1) is 9.36. The summed E-state index contributed by atoms with van der Waals surface area (Å²) in [5.74, 6) is 0. The summed E-state index contributed by atoms with van der Waals surface area (Å²) < 4.78 is 20.7. The van der Waals surface area contributed by atoms with Gasteiger partial charge in [0.15, 0.2) is 0 Å². The third kappa shape index (κ3) is 5.07. The van der Waals surface area contributed by atoms with E-state index in [0.717, 1.165) is 19.3 Å². The van der Waals surface area contributed by atoms with Crippen molar-refractivity contribution >= 4 is 23.3 Å². The summed E-state index contributed by atoms with van der Waals surface area (Å²) in [6.07, 6.45) is 5.63. The summed E-state index contributed by atoms with van der Waals surface area (Å²) in [6.45, 7) is 9.99. The van der Waals surface area contributed by atoms with Gasteiger partial charge in [-0.2, -0.15) is 4.40 Å². The predicted molar refractivity (Wildman–Crippen MR) is 82.3 cm³/mol. The van der Waals surface area contributed by atoms with E-state index in [1.54, 1.807) is 17.2 Å². The molecule has 0 aromatic rings. The molecule has 0 radical (unpaired) electrons. The molecule has 5 nitrogen and oxygen atoms in total. The van der Waals surface area contributed by atoms with Gasteiger partial charge in [0, 0.05) is 12.8 Å². The Kier molecular flexibility index (Phi) is 6.39. The molecule has 20 heavy (non-hydrogen) atoms. The predicted octanol–water partition coefficient (Wildman–Crippen LogP) is 2.70. The highest BCUT2D eigenvalue weighted by molar-refractivity contribution is 7.85. The van der Waals surface area contributed by atoms with Crippen LogP contribution in [-0.2, 0) is 15.7 Å². The molecule has 1 fully saturated rings. The fourth-order valence-corrected chi connectivity index (χ4v) is 2.40. The summed E-state index contributed by atoms with van der Waals surface area (Å²) in [5, 5.41) is 0. The van der Waals surface area contributed by atoms with Crippen molar-refractivity contribution in [3.05, 3.63) is 12.7 Å². The number of carbonyl (C=O) groups is 1. The van der Waals surface area contributed by atoms with Crippen LogP contribution in [0, 0.1) is 0 Å². The normalized spacial score (nSPS) is 21.8. The molecule has 1 rings (SSSR count). The van der Waals surface area contributed by atoms with Crippen molar-refractivity contribution in [3.8, 4) is 0 Å². The molecule has 0 aromatic heterocycles. The van der Waals surface area contributed by atoms with Gasteiger partial charge < -0.3 is 9.64 Å². The third-order valence-electron chi connectivity index (χ3n) is 2.96. The molecule has 0 saturated carbocycles. The van der Waals surface area contributed by atoms with Gasteiger partial charge in [0.05, 0.1) is 10.8 Å². The fourth-order valence-electron chi connectivity index (χ4n) is 1.84. The Morgan fingerprint density at radius 1 is 1.50 bits per heavy atom. The third-order valence-corrected chi connectivity index (χ3v) is 4.32. The monoisotopic (exact) mass is 300 g/mol. The van der Waals surface area contributed by atoms with E-state index in [-0.39, 0.29) is 23.5 Å². The average Bonchev–Trinajstić information content (AvgIpc) is 2.41. The molecule has 0 bridgehead atoms. The van der Waals surface area contributed by atoms with Crippen molar-refractivity contribution in [2.24, 2.45) is 4.40 Å². The highest BCUT2D eigenvalue weighted by Gasteiger charge is 2.27. The van der Waals surface area contributed by atoms with Gasteiger partial charge in [0.1, 0.15) is 17.6 Å². The second-order valence-corrected chi connectivity index (χ2v) is 7.67. The molecule has 114 valence electrons. The van der Waals surface area contributed by atoms with Crippen molar-refractivity contribution in [1.82, 2.24) is 4.90 Å². The van der Waals surface area contributed by atoms with Gasteiger partial charge in [-0.1, -0.05) is 12.7 Å². The molecular formula is C14H24N2O3S. The average molecular weight is 300 g/mol. The minimum atomic E-state index is -1.30. The van der Waals surface area contributed by atoms with Crippen LogP contribution in [0.2, 0.25) is 0 Å². The van der Waals surface area contributed by atoms with Gasteiger partial charge >= 0.3 is 6.09 Å². The smallest absolute Gasteiger partial charge is 0.410 e. The minimum absolute atomic E-state index is 0.132. The molecule has 2 atom stereocenters. The lowest BCUT2D eigenvalue weighted by atomic mass is 10.0. The number of carbonyl (C=O) groups excluding carboxylic acids is 1. The van der Waals surface area contributed by atoms with Gasteiger partial charge in [-0.15, -0.1) is 0 Å².